The van der Waals surface area contributed by atoms with Crippen LogP contribution in [0, 0.1) is 5.82 Å². The molecular formula is C9H9BrFNO2. The molecule has 0 aliphatic rings. The Kier molecular flexibility index (Phi) is 3.46. The number of esters is 1. The molecule has 0 aliphatic heterocycles. The van der Waals surface area contributed by atoms with Gasteiger partial charge < -0.3 is 10.5 Å². The van der Waals surface area contributed by atoms with Gasteiger partial charge in [0, 0.05) is 5.69 Å². The molecule has 0 fully saturated rings. The molecule has 0 heterocycles. The Morgan fingerprint density at radius 1 is 1.64 bits per heavy atom. The summed E-state index contributed by atoms with van der Waals surface area (Å²) in [4.78, 5) is 10.9. The molecule has 14 heavy (non-hydrogen) atoms. The molecule has 0 aliphatic carbocycles. The minimum Gasteiger partial charge on any atom is -0.469 e. The highest BCUT2D eigenvalue weighted by molar-refractivity contribution is 9.10. The molecule has 0 atom stereocenters. The summed E-state index contributed by atoms with van der Waals surface area (Å²) in [6.07, 6.45) is -0.000949. The fraction of sp³-hybridized carbons (Fsp3) is 0.222. The van der Waals surface area contributed by atoms with E-state index in [-0.39, 0.29) is 16.6 Å². The third kappa shape index (κ3) is 2.45. The highest BCUT2D eigenvalue weighted by Crippen LogP contribution is 2.24. The highest BCUT2D eigenvalue weighted by Gasteiger charge is 2.11. The molecule has 0 saturated carbocycles. The molecule has 5 heteroatoms. The normalized spacial score (nSPS) is 9.93. The average Bonchev–Trinajstić information content (AvgIpc) is 2.13. The molecule has 0 radical (unpaired) electrons. The number of hydrogen-bond acceptors (Lipinski definition) is 3. The first-order chi connectivity index (χ1) is 6.54. The summed E-state index contributed by atoms with van der Waals surface area (Å²) in [6, 6.07) is 2.72. The SMILES string of the molecule is COC(=O)Cc1cc(N)cc(F)c1Br. The van der Waals surface area contributed by atoms with Gasteiger partial charge >= 0.3 is 5.97 Å². The Morgan fingerprint density at radius 2 is 2.29 bits per heavy atom. The lowest BCUT2D eigenvalue weighted by atomic mass is 10.1. The van der Waals surface area contributed by atoms with Gasteiger partial charge in [-0.3, -0.25) is 4.79 Å². The van der Waals surface area contributed by atoms with Crippen molar-refractivity contribution in [2.45, 2.75) is 6.42 Å². The van der Waals surface area contributed by atoms with Crippen LogP contribution in [0.3, 0.4) is 0 Å². The number of benzene rings is 1. The molecule has 1 rings (SSSR count). The Bertz CT molecular complexity index is 368. The van der Waals surface area contributed by atoms with Gasteiger partial charge in [0.2, 0.25) is 0 Å². The van der Waals surface area contributed by atoms with Crippen LogP contribution in [0.5, 0.6) is 0 Å². The third-order valence-electron chi connectivity index (χ3n) is 1.69. The number of nitrogen functional groups attached to an aromatic ring is 1. The summed E-state index contributed by atoms with van der Waals surface area (Å²) in [6.45, 7) is 0. The third-order valence-corrected chi connectivity index (χ3v) is 2.58. The Balaban J connectivity index is 3.02. The molecule has 1 aromatic rings. The number of carbonyl (C=O) groups is 1. The van der Waals surface area contributed by atoms with Crippen LogP contribution >= 0.6 is 15.9 Å². The summed E-state index contributed by atoms with van der Waals surface area (Å²) in [5.41, 5.74) is 6.20. The van der Waals surface area contributed by atoms with E-state index in [0.29, 0.717) is 5.56 Å². The maximum Gasteiger partial charge on any atom is 0.310 e. The molecule has 0 amide bonds. The van der Waals surface area contributed by atoms with E-state index in [1.807, 2.05) is 0 Å². The van der Waals surface area contributed by atoms with Crippen LogP contribution in [0.1, 0.15) is 5.56 Å². The molecular weight excluding hydrogens is 253 g/mol. The zero-order valence-corrected chi connectivity index (χ0v) is 9.10. The minimum absolute atomic E-state index is 0.000949. The summed E-state index contributed by atoms with van der Waals surface area (Å²) in [5, 5.41) is 0. The Hall–Kier alpha value is -1.10. The standard InChI is InChI=1S/C9H9BrFNO2/c1-14-8(13)3-5-2-6(12)4-7(11)9(5)10/h2,4H,3,12H2,1H3. The van der Waals surface area contributed by atoms with Crippen molar-refractivity contribution in [2.24, 2.45) is 0 Å². The van der Waals surface area contributed by atoms with Gasteiger partial charge in [-0.1, -0.05) is 0 Å². The van der Waals surface area contributed by atoms with Gasteiger partial charge in [0.1, 0.15) is 5.82 Å². The molecule has 0 saturated heterocycles. The second kappa shape index (κ2) is 4.41. The van der Waals surface area contributed by atoms with Gasteiger partial charge in [-0.15, -0.1) is 0 Å². The molecule has 0 unspecified atom stereocenters. The van der Waals surface area contributed by atoms with E-state index >= 15 is 0 Å². The Labute approximate surface area is 89.2 Å². The molecule has 0 aromatic heterocycles. The zero-order chi connectivity index (χ0) is 10.7. The van der Waals surface area contributed by atoms with Crippen LogP contribution in [-0.4, -0.2) is 13.1 Å². The lowest BCUT2D eigenvalue weighted by molar-refractivity contribution is -0.139. The van der Waals surface area contributed by atoms with Crippen LogP contribution in [0.25, 0.3) is 0 Å². The van der Waals surface area contributed by atoms with E-state index in [9.17, 15) is 9.18 Å². The lowest BCUT2D eigenvalue weighted by Gasteiger charge is -2.05. The van der Waals surface area contributed by atoms with E-state index < -0.39 is 11.8 Å². The van der Waals surface area contributed by atoms with Crippen molar-refractivity contribution in [1.82, 2.24) is 0 Å². The summed E-state index contributed by atoms with van der Waals surface area (Å²) in [5.74, 6) is -0.917. The first-order valence-electron chi connectivity index (χ1n) is 3.84. The van der Waals surface area contributed by atoms with E-state index in [4.69, 9.17) is 5.73 Å². The number of carbonyl (C=O) groups excluding carboxylic acids is 1. The van der Waals surface area contributed by atoms with Gasteiger partial charge in [-0.2, -0.15) is 0 Å². The van der Waals surface area contributed by atoms with Crippen molar-refractivity contribution >= 4 is 27.6 Å². The molecule has 0 bridgehead atoms. The Morgan fingerprint density at radius 3 is 2.86 bits per heavy atom. The van der Waals surface area contributed by atoms with Gasteiger partial charge in [-0.25, -0.2) is 4.39 Å². The summed E-state index contributed by atoms with van der Waals surface area (Å²) in [7, 11) is 1.28. The largest absolute Gasteiger partial charge is 0.469 e. The van der Waals surface area contributed by atoms with Crippen molar-refractivity contribution in [2.75, 3.05) is 12.8 Å². The number of methoxy groups -OCH3 is 1. The second-order valence-corrected chi connectivity index (χ2v) is 3.52. The number of nitrogens with two attached hydrogens (primary N) is 1. The maximum absolute atomic E-state index is 13.1. The van der Waals surface area contributed by atoms with Crippen LogP contribution in [-0.2, 0) is 16.0 Å². The lowest BCUT2D eigenvalue weighted by Crippen LogP contribution is -2.06. The van der Waals surface area contributed by atoms with Crippen LogP contribution in [0.2, 0.25) is 0 Å². The second-order valence-electron chi connectivity index (χ2n) is 2.73. The first kappa shape index (κ1) is 11.0. The average molecular weight is 262 g/mol. The van der Waals surface area contributed by atoms with Crippen LogP contribution in [0.15, 0.2) is 16.6 Å². The molecule has 3 nitrogen and oxygen atoms in total. The topological polar surface area (TPSA) is 52.3 Å². The highest BCUT2D eigenvalue weighted by atomic mass is 79.9. The fourth-order valence-electron chi connectivity index (χ4n) is 1.03. The van der Waals surface area contributed by atoms with Crippen molar-refractivity contribution in [1.29, 1.82) is 0 Å². The molecule has 1 aromatic carbocycles. The van der Waals surface area contributed by atoms with Gasteiger partial charge in [-0.05, 0) is 33.6 Å². The van der Waals surface area contributed by atoms with Crippen LogP contribution in [0.4, 0.5) is 10.1 Å². The van der Waals surface area contributed by atoms with E-state index in [1.54, 1.807) is 0 Å². The molecule has 76 valence electrons. The monoisotopic (exact) mass is 261 g/mol. The van der Waals surface area contributed by atoms with Crippen LogP contribution < -0.4 is 5.73 Å². The minimum atomic E-state index is -0.482. The molecule has 2 N–H and O–H groups in total. The zero-order valence-electron chi connectivity index (χ0n) is 7.51. The summed E-state index contributed by atoms with van der Waals surface area (Å²) < 4.78 is 17.8. The van der Waals surface area contributed by atoms with Gasteiger partial charge in [0.25, 0.3) is 0 Å². The van der Waals surface area contributed by atoms with Crippen molar-refractivity contribution in [3.8, 4) is 0 Å². The smallest absolute Gasteiger partial charge is 0.310 e. The van der Waals surface area contributed by atoms with Gasteiger partial charge in [0.05, 0.1) is 18.0 Å². The quantitative estimate of drug-likeness (QED) is 0.654. The number of rotatable bonds is 2. The van der Waals surface area contributed by atoms with Crippen molar-refractivity contribution in [3.05, 3.63) is 28.0 Å². The van der Waals surface area contributed by atoms with E-state index in [2.05, 4.69) is 20.7 Å². The number of halogens is 2. The maximum atomic E-state index is 13.1. The number of ether oxygens (including phenoxy) is 1. The summed E-state index contributed by atoms with van der Waals surface area (Å²) >= 11 is 3.03. The van der Waals surface area contributed by atoms with E-state index in [1.165, 1.54) is 19.2 Å². The predicted molar refractivity (Wildman–Crippen MR) is 54.2 cm³/mol. The molecule has 0 spiro atoms. The van der Waals surface area contributed by atoms with Crippen molar-refractivity contribution < 1.29 is 13.9 Å². The van der Waals surface area contributed by atoms with E-state index in [0.717, 1.165) is 0 Å². The fourth-order valence-corrected chi connectivity index (χ4v) is 1.39. The number of hydrogen-bond donors (Lipinski definition) is 1. The number of anilines is 1. The van der Waals surface area contributed by atoms with Crippen molar-refractivity contribution in [3.63, 3.8) is 0 Å². The predicted octanol–water partition coefficient (Wildman–Crippen LogP) is 1.89. The van der Waals surface area contributed by atoms with Gasteiger partial charge in [0.15, 0.2) is 0 Å². The first-order valence-corrected chi connectivity index (χ1v) is 4.64.